The minimum absolute atomic E-state index is 0.179. The van der Waals surface area contributed by atoms with Crippen LogP contribution in [0.15, 0.2) is 34.3 Å². The fourth-order valence-corrected chi connectivity index (χ4v) is 3.52. The van der Waals surface area contributed by atoms with Crippen molar-refractivity contribution in [2.75, 3.05) is 0 Å². The molecule has 98 valence electrons. The molecule has 2 rings (SSSR count). The van der Waals surface area contributed by atoms with Gasteiger partial charge in [0.15, 0.2) is 0 Å². The van der Waals surface area contributed by atoms with Gasteiger partial charge in [-0.25, -0.2) is 0 Å². The molecule has 1 aliphatic rings. The summed E-state index contributed by atoms with van der Waals surface area (Å²) in [7, 11) is 0. The van der Waals surface area contributed by atoms with E-state index >= 15 is 0 Å². The van der Waals surface area contributed by atoms with Crippen molar-refractivity contribution in [1.82, 2.24) is 0 Å². The Balaban J connectivity index is 2.18. The molecule has 1 unspecified atom stereocenters. The number of nitrogens with two attached hydrogens (primary N) is 1. The average Bonchev–Trinajstić information content (AvgIpc) is 2.19. The fraction of sp³-hybridized carbons (Fsp3) is 0.467. The van der Waals surface area contributed by atoms with Crippen molar-refractivity contribution in [3.05, 3.63) is 44.9 Å². The van der Waals surface area contributed by atoms with Gasteiger partial charge in [0.2, 0.25) is 0 Å². The summed E-state index contributed by atoms with van der Waals surface area (Å²) in [6.07, 6.45) is 5.28. The lowest BCUT2D eigenvalue weighted by atomic mass is 9.74. The molecule has 0 aromatic heterocycles. The molecule has 0 bridgehead atoms. The molecule has 0 heterocycles. The summed E-state index contributed by atoms with van der Waals surface area (Å²) in [5.41, 5.74) is 8.98. The van der Waals surface area contributed by atoms with Crippen molar-refractivity contribution in [3.63, 3.8) is 0 Å². The van der Waals surface area contributed by atoms with E-state index < -0.39 is 0 Å². The molecule has 2 N–H and O–H groups in total. The highest BCUT2D eigenvalue weighted by atomic mass is 79.9. The van der Waals surface area contributed by atoms with E-state index in [-0.39, 0.29) is 6.04 Å². The number of rotatable bonds is 2. The Morgan fingerprint density at radius 2 is 2.17 bits per heavy atom. The van der Waals surface area contributed by atoms with Crippen LogP contribution < -0.4 is 5.73 Å². The molecular formula is C15H19BrClN. The Hall–Kier alpha value is -0.310. The third-order valence-corrected chi connectivity index (χ3v) is 4.22. The molecule has 0 saturated heterocycles. The summed E-state index contributed by atoms with van der Waals surface area (Å²) in [5, 5.41) is 0.822. The zero-order chi connectivity index (χ0) is 13.3. The monoisotopic (exact) mass is 327 g/mol. The van der Waals surface area contributed by atoms with Gasteiger partial charge >= 0.3 is 0 Å². The molecule has 18 heavy (non-hydrogen) atoms. The topological polar surface area (TPSA) is 26.0 Å². The van der Waals surface area contributed by atoms with Gasteiger partial charge in [0.05, 0.1) is 0 Å². The highest BCUT2D eigenvalue weighted by Gasteiger charge is 2.26. The first-order chi connectivity index (χ1) is 8.35. The molecule has 1 aliphatic carbocycles. The van der Waals surface area contributed by atoms with Crippen LogP contribution in [-0.2, 0) is 6.42 Å². The van der Waals surface area contributed by atoms with Crippen LogP contribution in [0, 0.1) is 5.41 Å². The number of benzene rings is 1. The van der Waals surface area contributed by atoms with Gasteiger partial charge in [-0.15, -0.1) is 0 Å². The summed E-state index contributed by atoms with van der Waals surface area (Å²) >= 11 is 9.70. The zero-order valence-corrected chi connectivity index (χ0v) is 13.2. The van der Waals surface area contributed by atoms with Gasteiger partial charge in [0.1, 0.15) is 0 Å². The standard InChI is InChI=1S/C15H19BrClN/c1-15(2)8-10(6-13(18)9-15)5-11-3-4-12(16)7-14(11)17/h3-4,6-7,13H,5,8-9,18H2,1-2H3. The van der Waals surface area contributed by atoms with Crippen molar-refractivity contribution in [3.8, 4) is 0 Å². The van der Waals surface area contributed by atoms with Crippen molar-refractivity contribution in [2.45, 2.75) is 39.2 Å². The molecule has 0 amide bonds. The van der Waals surface area contributed by atoms with E-state index in [2.05, 4.69) is 41.9 Å². The summed E-state index contributed by atoms with van der Waals surface area (Å²) in [4.78, 5) is 0. The predicted molar refractivity (Wildman–Crippen MR) is 81.9 cm³/mol. The second-order valence-electron chi connectivity index (χ2n) is 5.95. The van der Waals surface area contributed by atoms with Gasteiger partial charge in [-0.3, -0.25) is 0 Å². The van der Waals surface area contributed by atoms with Gasteiger partial charge < -0.3 is 5.73 Å². The maximum absolute atomic E-state index is 6.27. The first kappa shape index (κ1) is 14.1. The number of hydrogen-bond acceptors (Lipinski definition) is 1. The van der Waals surface area contributed by atoms with Crippen LogP contribution in [-0.4, -0.2) is 6.04 Å². The van der Waals surface area contributed by atoms with E-state index in [4.69, 9.17) is 17.3 Å². The average molecular weight is 329 g/mol. The molecule has 0 radical (unpaired) electrons. The Kier molecular flexibility index (Phi) is 4.20. The van der Waals surface area contributed by atoms with Crippen molar-refractivity contribution in [2.24, 2.45) is 11.1 Å². The van der Waals surface area contributed by atoms with Gasteiger partial charge in [-0.1, -0.05) is 59.1 Å². The maximum Gasteiger partial charge on any atom is 0.0452 e. The normalized spacial score (nSPS) is 22.7. The van der Waals surface area contributed by atoms with E-state index in [1.165, 1.54) is 11.1 Å². The number of allylic oxidation sites excluding steroid dienone is 1. The maximum atomic E-state index is 6.27. The molecule has 0 aliphatic heterocycles. The van der Waals surface area contributed by atoms with Crippen LogP contribution in [0.25, 0.3) is 0 Å². The number of hydrogen-bond donors (Lipinski definition) is 1. The summed E-state index contributed by atoms with van der Waals surface area (Å²) in [6, 6.07) is 6.25. The first-order valence-electron chi connectivity index (χ1n) is 6.25. The molecule has 1 nitrogen and oxygen atoms in total. The molecule has 1 atom stereocenters. The highest BCUT2D eigenvalue weighted by Crippen LogP contribution is 2.36. The summed E-state index contributed by atoms with van der Waals surface area (Å²) < 4.78 is 1.02. The second-order valence-corrected chi connectivity index (χ2v) is 7.27. The minimum atomic E-state index is 0.179. The summed E-state index contributed by atoms with van der Waals surface area (Å²) in [5.74, 6) is 0. The summed E-state index contributed by atoms with van der Waals surface area (Å²) in [6.45, 7) is 4.56. The Morgan fingerprint density at radius 1 is 1.44 bits per heavy atom. The largest absolute Gasteiger partial charge is 0.324 e. The van der Waals surface area contributed by atoms with Gasteiger partial charge in [0.25, 0.3) is 0 Å². The van der Waals surface area contributed by atoms with Gasteiger partial charge in [0, 0.05) is 15.5 Å². The van der Waals surface area contributed by atoms with E-state index in [1.807, 2.05) is 12.1 Å². The quantitative estimate of drug-likeness (QED) is 0.781. The van der Waals surface area contributed by atoms with Crippen LogP contribution in [0.1, 0.15) is 32.3 Å². The fourth-order valence-electron chi connectivity index (χ4n) is 2.78. The van der Waals surface area contributed by atoms with Gasteiger partial charge in [-0.05, 0) is 42.4 Å². The van der Waals surface area contributed by atoms with Crippen molar-refractivity contribution in [1.29, 1.82) is 0 Å². The first-order valence-corrected chi connectivity index (χ1v) is 7.42. The molecular weight excluding hydrogens is 310 g/mol. The highest BCUT2D eigenvalue weighted by molar-refractivity contribution is 9.10. The van der Waals surface area contributed by atoms with Crippen LogP contribution in [0.2, 0.25) is 5.02 Å². The van der Waals surface area contributed by atoms with E-state index in [0.717, 1.165) is 28.8 Å². The molecule has 1 aromatic carbocycles. The minimum Gasteiger partial charge on any atom is -0.324 e. The van der Waals surface area contributed by atoms with E-state index in [9.17, 15) is 0 Å². The Morgan fingerprint density at radius 3 is 2.78 bits per heavy atom. The van der Waals surface area contributed by atoms with Crippen LogP contribution in [0.3, 0.4) is 0 Å². The molecule has 1 aromatic rings. The van der Waals surface area contributed by atoms with Crippen LogP contribution in [0.4, 0.5) is 0 Å². The smallest absolute Gasteiger partial charge is 0.0452 e. The zero-order valence-electron chi connectivity index (χ0n) is 10.8. The van der Waals surface area contributed by atoms with Crippen molar-refractivity contribution < 1.29 is 0 Å². The lowest BCUT2D eigenvalue weighted by Crippen LogP contribution is -2.31. The third kappa shape index (κ3) is 3.59. The predicted octanol–water partition coefficient (Wildman–Crippen LogP) is 4.72. The third-order valence-electron chi connectivity index (χ3n) is 3.38. The van der Waals surface area contributed by atoms with E-state index in [1.54, 1.807) is 0 Å². The molecule has 0 spiro atoms. The molecule has 0 fully saturated rings. The Labute approximate surface area is 123 Å². The number of halogens is 2. The molecule has 3 heteroatoms. The van der Waals surface area contributed by atoms with Crippen LogP contribution in [0.5, 0.6) is 0 Å². The molecule has 0 saturated carbocycles. The van der Waals surface area contributed by atoms with Crippen molar-refractivity contribution >= 4 is 27.5 Å². The van der Waals surface area contributed by atoms with Gasteiger partial charge in [-0.2, -0.15) is 0 Å². The lowest BCUT2D eigenvalue weighted by molar-refractivity contribution is 0.299. The SMILES string of the molecule is CC1(C)CC(Cc2ccc(Br)cc2Cl)=CC(N)C1. The van der Waals surface area contributed by atoms with E-state index in [0.29, 0.717) is 5.41 Å². The Bertz CT molecular complexity index is 479. The second kappa shape index (κ2) is 5.36. The van der Waals surface area contributed by atoms with Crippen LogP contribution >= 0.6 is 27.5 Å². The lowest BCUT2D eigenvalue weighted by Gasteiger charge is -2.33.